The number of hydrogen-bond donors (Lipinski definition) is 0. The van der Waals surface area contributed by atoms with Crippen LogP contribution < -0.4 is 0 Å². The minimum atomic E-state index is -4.22. The lowest BCUT2D eigenvalue weighted by molar-refractivity contribution is -0.191. The lowest BCUT2D eigenvalue weighted by atomic mass is 10.1. The zero-order valence-electron chi connectivity index (χ0n) is 8.11. The van der Waals surface area contributed by atoms with E-state index in [1.165, 1.54) is 13.8 Å². The van der Waals surface area contributed by atoms with Gasteiger partial charge in [0.2, 0.25) is 0 Å². The summed E-state index contributed by atoms with van der Waals surface area (Å²) >= 11 is 0. The van der Waals surface area contributed by atoms with E-state index in [4.69, 9.17) is 0 Å². The van der Waals surface area contributed by atoms with Crippen molar-refractivity contribution in [1.82, 2.24) is 0 Å². The van der Waals surface area contributed by atoms with Gasteiger partial charge in [-0.3, -0.25) is 4.79 Å². The number of carbonyl (C=O) groups excluding carboxylic acids is 1. The third kappa shape index (κ3) is 3.61. The zero-order chi connectivity index (χ0) is 11.6. The van der Waals surface area contributed by atoms with Crippen molar-refractivity contribution in [3.63, 3.8) is 0 Å². The number of halogens is 4. The maximum absolute atomic E-state index is 12.4. The molecule has 14 heavy (non-hydrogen) atoms. The largest absolute Gasteiger partial charge is 0.361 e. The van der Waals surface area contributed by atoms with Gasteiger partial charge in [0.15, 0.2) is 5.78 Å². The van der Waals surface area contributed by atoms with Gasteiger partial charge in [-0.2, -0.15) is 8.78 Å². The smallest absolute Gasteiger partial charge is 0.330 e. The summed E-state index contributed by atoms with van der Waals surface area (Å²) in [5.74, 6) is -4.71. The SMILES string of the molecule is CC(=O)C(C)(C)OCC(F)(F)C(F)F. The molecule has 2 nitrogen and oxygen atoms in total. The second kappa shape index (κ2) is 4.25. The lowest BCUT2D eigenvalue weighted by Gasteiger charge is -2.25. The summed E-state index contributed by atoms with van der Waals surface area (Å²) in [6.07, 6.45) is -3.79. The Morgan fingerprint density at radius 3 is 2.07 bits per heavy atom. The average molecular weight is 216 g/mol. The zero-order valence-corrected chi connectivity index (χ0v) is 8.11. The maximum Gasteiger partial charge on any atom is 0.330 e. The highest BCUT2D eigenvalue weighted by Crippen LogP contribution is 2.25. The highest BCUT2D eigenvalue weighted by Gasteiger charge is 2.43. The van der Waals surface area contributed by atoms with Gasteiger partial charge in [-0.15, -0.1) is 0 Å². The van der Waals surface area contributed by atoms with Crippen LogP contribution in [0.2, 0.25) is 0 Å². The fraction of sp³-hybridized carbons (Fsp3) is 0.875. The van der Waals surface area contributed by atoms with E-state index in [1.807, 2.05) is 0 Å². The van der Waals surface area contributed by atoms with Crippen LogP contribution in [-0.4, -0.2) is 30.3 Å². The standard InChI is InChI=1S/C8H12F4O2/c1-5(13)7(2,3)14-4-8(11,12)6(9)10/h6H,4H2,1-3H3. The topological polar surface area (TPSA) is 26.3 Å². The number of alkyl halides is 4. The molecule has 0 radical (unpaired) electrons. The molecule has 0 heterocycles. The van der Waals surface area contributed by atoms with E-state index in [0.29, 0.717) is 0 Å². The first-order valence-electron chi connectivity index (χ1n) is 3.90. The van der Waals surface area contributed by atoms with Crippen LogP contribution >= 0.6 is 0 Å². The summed E-state index contributed by atoms with van der Waals surface area (Å²) in [4.78, 5) is 10.8. The van der Waals surface area contributed by atoms with Gasteiger partial charge in [-0.05, 0) is 20.8 Å². The third-order valence-corrected chi connectivity index (χ3v) is 1.79. The van der Waals surface area contributed by atoms with Crippen molar-refractivity contribution in [1.29, 1.82) is 0 Å². The molecule has 0 aromatic carbocycles. The Balaban J connectivity index is 4.25. The quantitative estimate of drug-likeness (QED) is 0.659. The number of ketones is 1. The van der Waals surface area contributed by atoms with E-state index in [0.717, 1.165) is 6.92 Å². The van der Waals surface area contributed by atoms with E-state index in [-0.39, 0.29) is 0 Å². The summed E-state index contributed by atoms with van der Waals surface area (Å²) in [6, 6.07) is 0. The van der Waals surface area contributed by atoms with Crippen LogP contribution in [0.5, 0.6) is 0 Å². The highest BCUT2D eigenvalue weighted by atomic mass is 19.3. The van der Waals surface area contributed by atoms with Crippen molar-refractivity contribution in [3.05, 3.63) is 0 Å². The predicted octanol–water partition coefficient (Wildman–Crippen LogP) is 2.27. The van der Waals surface area contributed by atoms with Gasteiger partial charge in [0.25, 0.3) is 0 Å². The van der Waals surface area contributed by atoms with Crippen molar-refractivity contribution in [2.45, 2.75) is 38.7 Å². The molecule has 0 amide bonds. The van der Waals surface area contributed by atoms with Gasteiger partial charge < -0.3 is 4.74 Å². The first-order valence-corrected chi connectivity index (χ1v) is 3.90. The van der Waals surface area contributed by atoms with E-state index in [1.54, 1.807) is 0 Å². The number of rotatable bonds is 5. The van der Waals surface area contributed by atoms with E-state index in [2.05, 4.69) is 4.74 Å². The fourth-order valence-electron chi connectivity index (χ4n) is 0.441. The molecule has 0 saturated carbocycles. The average Bonchev–Trinajstić information content (AvgIpc) is 2.01. The second-order valence-corrected chi connectivity index (χ2v) is 3.42. The molecule has 0 spiro atoms. The summed E-state index contributed by atoms with van der Waals surface area (Å²) in [5, 5.41) is 0. The molecule has 0 aromatic heterocycles. The summed E-state index contributed by atoms with van der Waals surface area (Å²) < 4.78 is 52.5. The van der Waals surface area contributed by atoms with Crippen molar-refractivity contribution in [3.8, 4) is 0 Å². The monoisotopic (exact) mass is 216 g/mol. The molecule has 0 aliphatic heterocycles. The molecule has 0 aliphatic rings. The van der Waals surface area contributed by atoms with Gasteiger partial charge in [0.05, 0.1) is 0 Å². The van der Waals surface area contributed by atoms with Gasteiger partial charge >= 0.3 is 12.3 Å². The molecule has 0 unspecified atom stereocenters. The molecule has 84 valence electrons. The van der Waals surface area contributed by atoms with Crippen molar-refractivity contribution in [2.75, 3.05) is 6.61 Å². The number of hydrogen-bond acceptors (Lipinski definition) is 2. The molecule has 0 aliphatic carbocycles. The van der Waals surface area contributed by atoms with Gasteiger partial charge in [-0.1, -0.05) is 0 Å². The third-order valence-electron chi connectivity index (χ3n) is 1.79. The molecule has 0 atom stereocenters. The minimum Gasteiger partial charge on any atom is -0.361 e. The fourth-order valence-corrected chi connectivity index (χ4v) is 0.441. The van der Waals surface area contributed by atoms with Crippen molar-refractivity contribution in [2.24, 2.45) is 0 Å². The van der Waals surface area contributed by atoms with Crippen LogP contribution in [-0.2, 0) is 9.53 Å². The van der Waals surface area contributed by atoms with Crippen molar-refractivity contribution >= 4 is 5.78 Å². The summed E-state index contributed by atoms with van der Waals surface area (Å²) in [5.41, 5.74) is -1.46. The first kappa shape index (κ1) is 13.4. The Morgan fingerprint density at radius 2 is 1.79 bits per heavy atom. The Morgan fingerprint density at radius 1 is 1.36 bits per heavy atom. The summed E-state index contributed by atoms with van der Waals surface area (Å²) in [6.45, 7) is 2.17. The van der Waals surface area contributed by atoms with Crippen molar-refractivity contribution < 1.29 is 27.1 Å². The Bertz CT molecular complexity index is 213. The van der Waals surface area contributed by atoms with Crippen LogP contribution in [0.25, 0.3) is 0 Å². The van der Waals surface area contributed by atoms with Gasteiger partial charge in [0.1, 0.15) is 12.2 Å². The molecule has 0 N–H and O–H groups in total. The molecule has 6 heteroatoms. The molecule has 0 bridgehead atoms. The minimum absolute atomic E-state index is 0.498. The van der Waals surface area contributed by atoms with Crippen LogP contribution in [0.4, 0.5) is 17.6 Å². The van der Waals surface area contributed by atoms with Crippen LogP contribution in [0.3, 0.4) is 0 Å². The lowest BCUT2D eigenvalue weighted by Crippen LogP contribution is -2.40. The number of Topliss-reactive ketones (excluding diaryl/α,β-unsaturated/α-hetero) is 1. The molecule has 0 saturated heterocycles. The highest BCUT2D eigenvalue weighted by molar-refractivity contribution is 5.83. The van der Waals surface area contributed by atoms with Crippen LogP contribution in [0.15, 0.2) is 0 Å². The molecular formula is C8H12F4O2. The van der Waals surface area contributed by atoms with E-state index in [9.17, 15) is 22.4 Å². The molecule has 0 fully saturated rings. The van der Waals surface area contributed by atoms with E-state index >= 15 is 0 Å². The second-order valence-electron chi connectivity index (χ2n) is 3.42. The summed E-state index contributed by atoms with van der Waals surface area (Å²) in [7, 11) is 0. The van der Waals surface area contributed by atoms with Gasteiger partial charge in [-0.25, -0.2) is 8.78 Å². The Kier molecular flexibility index (Phi) is 4.05. The maximum atomic E-state index is 12.4. The molecule has 0 aromatic rings. The Hall–Kier alpha value is -0.650. The molecular weight excluding hydrogens is 204 g/mol. The number of ether oxygens (including phenoxy) is 1. The predicted molar refractivity (Wildman–Crippen MR) is 41.7 cm³/mol. The van der Waals surface area contributed by atoms with Gasteiger partial charge in [0, 0.05) is 0 Å². The first-order chi connectivity index (χ1) is 6.09. The normalized spacial score (nSPS) is 13.4. The van der Waals surface area contributed by atoms with Crippen LogP contribution in [0, 0.1) is 0 Å². The van der Waals surface area contributed by atoms with Crippen LogP contribution in [0.1, 0.15) is 20.8 Å². The molecule has 0 rings (SSSR count). The number of carbonyl (C=O) groups is 1. The van der Waals surface area contributed by atoms with E-state index < -0.39 is 30.3 Å². The Labute approximate surface area is 79.2 Å².